The molecule has 19 heteroatoms. The summed E-state index contributed by atoms with van der Waals surface area (Å²) in [5.74, 6) is -4.50. The second kappa shape index (κ2) is 15.1. The van der Waals surface area contributed by atoms with Crippen molar-refractivity contribution < 1.29 is 45.5 Å². The van der Waals surface area contributed by atoms with Crippen LogP contribution < -0.4 is 14.9 Å². The summed E-state index contributed by atoms with van der Waals surface area (Å²) >= 11 is 13.4. The fourth-order valence-electron chi connectivity index (χ4n) is 4.33. The molecule has 1 aromatic carbocycles. The molecule has 2 aromatic rings. The lowest BCUT2D eigenvalue weighted by molar-refractivity contribution is -0.192. The summed E-state index contributed by atoms with van der Waals surface area (Å²) in [6.07, 6.45) is -3.30. The van der Waals surface area contributed by atoms with Gasteiger partial charge in [-0.3, -0.25) is 9.59 Å². The lowest BCUT2D eigenvalue weighted by Gasteiger charge is -2.34. The summed E-state index contributed by atoms with van der Waals surface area (Å²) in [5, 5.41) is 9.62. The molecular weight excluding hydrogens is 677 g/mol. The van der Waals surface area contributed by atoms with Gasteiger partial charge in [0.25, 0.3) is 5.91 Å². The summed E-state index contributed by atoms with van der Waals surface area (Å²) in [7, 11) is -2.52. The van der Waals surface area contributed by atoms with Crippen LogP contribution in [-0.2, 0) is 19.6 Å². The molecule has 244 valence electrons. The van der Waals surface area contributed by atoms with Crippen molar-refractivity contribution in [3.8, 4) is 0 Å². The fraction of sp³-hybridized carbons (Fsp3) is 0.480. The van der Waals surface area contributed by atoms with Crippen LogP contribution in [0.2, 0.25) is 9.36 Å². The maximum atomic E-state index is 14.5. The summed E-state index contributed by atoms with van der Waals surface area (Å²) in [6, 6.07) is 3.83. The monoisotopic (exact) mass is 705 g/mol. The predicted molar refractivity (Wildman–Crippen MR) is 156 cm³/mol. The Morgan fingerprint density at radius 3 is 2.16 bits per heavy atom. The number of nitrogens with zero attached hydrogens (tertiary/aromatic N) is 3. The van der Waals surface area contributed by atoms with E-state index < -0.39 is 50.7 Å². The Kier molecular flexibility index (Phi) is 12.2. The molecule has 0 unspecified atom stereocenters. The Balaban J connectivity index is 0.000000676. The van der Waals surface area contributed by atoms with Gasteiger partial charge >= 0.3 is 12.1 Å². The van der Waals surface area contributed by atoms with E-state index in [2.05, 4.69) is 14.9 Å². The molecule has 2 saturated heterocycles. The van der Waals surface area contributed by atoms with E-state index in [1.165, 1.54) is 12.1 Å². The van der Waals surface area contributed by atoms with Gasteiger partial charge in [0, 0.05) is 45.8 Å². The zero-order chi connectivity index (χ0) is 32.8. The largest absolute Gasteiger partial charge is 0.490 e. The molecule has 4 rings (SSSR count). The van der Waals surface area contributed by atoms with Crippen LogP contribution in [0.15, 0.2) is 29.2 Å². The second-order valence-electron chi connectivity index (χ2n) is 9.85. The number of alkyl halides is 3. The molecule has 2 aliphatic heterocycles. The predicted octanol–water partition coefficient (Wildman–Crippen LogP) is 3.28. The topological polar surface area (TPSA) is 139 Å². The lowest BCUT2D eigenvalue weighted by atomic mass is 10.2. The quantitative estimate of drug-likeness (QED) is 0.356. The summed E-state index contributed by atoms with van der Waals surface area (Å²) in [5.41, 5.74) is 0.296. The minimum atomic E-state index is -5.08. The smallest absolute Gasteiger partial charge is 0.475 e. The van der Waals surface area contributed by atoms with Crippen LogP contribution in [0.25, 0.3) is 0 Å². The van der Waals surface area contributed by atoms with Gasteiger partial charge < -0.3 is 25.1 Å². The minimum absolute atomic E-state index is 0.112. The Hall–Kier alpha value is -2.70. The van der Waals surface area contributed by atoms with E-state index in [0.29, 0.717) is 54.2 Å². The minimum Gasteiger partial charge on any atom is -0.475 e. The summed E-state index contributed by atoms with van der Waals surface area (Å²) in [6.45, 7) is 3.02. The van der Waals surface area contributed by atoms with Gasteiger partial charge in [-0.25, -0.2) is 17.6 Å². The normalized spacial score (nSPS) is 16.7. The van der Waals surface area contributed by atoms with Crippen LogP contribution in [0.3, 0.4) is 0 Å². The number of benzene rings is 1. The van der Waals surface area contributed by atoms with Gasteiger partial charge in [-0.2, -0.15) is 17.9 Å². The first kappa shape index (κ1) is 35.8. The molecule has 2 aliphatic rings. The number of hydrogen-bond donors (Lipinski definition) is 3. The van der Waals surface area contributed by atoms with E-state index in [1.54, 1.807) is 11.0 Å². The van der Waals surface area contributed by atoms with Crippen LogP contribution >= 0.6 is 34.5 Å². The number of amides is 2. The SMILES string of the molecule is CN1CCN(C(=O)[C@H](CNC(=O)c2ccc(Cl)s2)NS(=O)(=O)c2cc(F)cc(N3CCCC3)c2Cl)CC1.O=C(O)C(F)(F)F. The Morgan fingerprint density at radius 2 is 1.64 bits per heavy atom. The molecule has 0 bridgehead atoms. The van der Waals surface area contributed by atoms with Crippen molar-refractivity contribution in [3.05, 3.63) is 44.3 Å². The highest BCUT2D eigenvalue weighted by Crippen LogP contribution is 2.35. The average Bonchev–Trinajstić information content (AvgIpc) is 3.64. The van der Waals surface area contributed by atoms with E-state index in [4.69, 9.17) is 33.1 Å². The molecule has 0 aliphatic carbocycles. The Labute approximate surface area is 264 Å². The van der Waals surface area contributed by atoms with Gasteiger partial charge in [0.15, 0.2) is 0 Å². The number of carboxylic acid groups (broad SMARTS) is 1. The van der Waals surface area contributed by atoms with Crippen molar-refractivity contribution in [1.29, 1.82) is 0 Å². The van der Waals surface area contributed by atoms with E-state index in [9.17, 15) is 35.6 Å². The van der Waals surface area contributed by atoms with Gasteiger partial charge in [0.2, 0.25) is 15.9 Å². The first-order valence-electron chi connectivity index (χ1n) is 13.1. The number of carbonyl (C=O) groups is 3. The van der Waals surface area contributed by atoms with E-state index >= 15 is 0 Å². The number of carboxylic acids is 1. The standard InChI is InChI=1S/C23H28Cl2FN5O4S2.C2HF3O2/c1-29-8-10-31(11-9-29)23(33)16(14-27-22(32)18-4-5-20(24)36-18)28-37(34,35)19-13-15(26)12-17(21(19)25)30-6-2-3-7-30;3-2(4,5)1(6)7/h4-5,12-13,16,28H,2-3,6-11,14H2,1H3,(H,27,32);(H,6,7)/t16-;/m0./s1. The van der Waals surface area contributed by atoms with Crippen LogP contribution in [0, 0.1) is 5.82 Å². The number of hydrogen-bond acceptors (Lipinski definition) is 8. The van der Waals surface area contributed by atoms with Crippen molar-refractivity contribution in [2.75, 3.05) is 57.8 Å². The number of carbonyl (C=O) groups excluding carboxylic acids is 2. The number of nitrogens with one attached hydrogen (secondary N) is 2. The van der Waals surface area contributed by atoms with Crippen molar-refractivity contribution >= 4 is 68.0 Å². The molecule has 3 N–H and O–H groups in total. The lowest BCUT2D eigenvalue weighted by Crippen LogP contribution is -2.57. The van der Waals surface area contributed by atoms with Crippen LogP contribution in [-0.4, -0.2) is 106 Å². The first-order valence-corrected chi connectivity index (χ1v) is 16.1. The number of anilines is 1. The first-order chi connectivity index (χ1) is 20.5. The third-order valence-corrected chi connectivity index (χ3v) is 9.87. The molecule has 2 amide bonds. The number of aliphatic carboxylic acids is 1. The molecule has 0 saturated carbocycles. The zero-order valence-corrected chi connectivity index (χ0v) is 26.3. The molecule has 3 heterocycles. The molecular formula is C25H29Cl2F4N5O6S2. The van der Waals surface area contributed by atoms with Gasteiger partial charge in [0.1, 0.15) is 16.8 Å². The molecule has 2 fully saturated rings. The highest BCUT2D eigenvalue weighted by atomic mass is 35.5. The summed E-state index contributed by atoms with van der Waals surface area (Å²) < 4.78 is 76.0. The van der Waals surface area contributed by atoms with Gasteiger partial charge in [-0.15, -0.1) is 11.3 Å². The maximum absolute atomic E-state index is 14.5. The molecule has 1 atom stereocenters. The number of piperazine rings is 1. The van der Waals surface area contributed by atoms with Crippen molar-refractivity contribution in [3.63, 3.8) is 0 Å². The molecule has 1 aromatic heterocycles. The highest BCUT2D eigenvalue weighted by molar-refractivity contribution is 7.89. The fourth-order valence-corrected chi connectivity index (χ4v) is 7.12. The molecule has 0 spiro atoms. The third kappa shape index (κ3) is 9.65. The van der Waals surface area contributed by atoms with Gasteiger partial charge in [-0.05, 0) is 44.2 Å². The number of thiophene rings is 1. The Morgan fingerprint density at radius 1 is 1.05 bits per heavy atom. The number of rotatable bonds is 8. The number of likely N-dealkylation sites (N-methyl/N-ethyl adjacent to an activating group) is 1. The van der Waals surface area contributed by atoms with Crippen molar-refractivity contribution in [2.24, 2.45) is 0 Å². The van der Waals surface area contributed by atoms with E-state index in [-0.39, 0.29) is 11.6 Å². The molecule has 11 nitrogen and oxygen atoms in total. The zero-order valence-electron chi connectivity index (χ0n) is 23.2. The Bertz CT molecular complexity index is 1460. The average molecular weight is 707 g/mol. The van der Waals surface area contributed by atoms with Gasteiger partial charge in [-0.1, -0.05) is 23.2 Å². The highest BCUT2D eigenvalue weighted by Gasteiger charge is 2.38. The van der Waals surface area contributed by atoms with Crippen LogP contribution in [0.5, 0.6) is 0 Å². The second-order valence-corrected chi connectivity index (χ2v) is 13.6. The molecule has 44 heavy (non-hydrogen) atoms. The third-order valence-electron chi connectivity index (χ3n) is 6.64. The number of halogens is 6. The maximum Gasteiger partial charge on any atom is 0.490 e. The molecule has 0 radical (unpaired) electrons. The van der Waals surface area contributed by atoms with Gasteiger partial charge in [0.05, 0.1) is 19.9 Å². The summed E-state index contributed by atoms with van der Waals surface area (Å²) in [4.78, 5) is 40.2. The van der Waals surface area contributed by atoms with E-state index in [0.717, 1.165) is 30.2 Å². The van der Waals surface area contributed by atoms with Crippen LogP contribution in [0.4, 0.5) is 23.2 Å². The van der Waals surface area contributed by atoms with Crippen molar-refractivity contribution in [2.45, 2.75) is 30.0 Å². The van der Waals surface area contributed by atoms with E-state index in [1.807, 2.05) is 11.9 Å². The van der Waals surface area contributed by atoms with Crippen molar-refractivity contribution in [1.82, 2.24) is 19.8 Å². The van der Waals surface area contributed by atoms with Crippen LogP contribution in [0.1, 0.15) is 22.5 Å². The number of sulfonamides is 1.